The number of fused-ring (bicyclic) bond motifs is 8. The Morgan fingerprint density at radius 1 is 0.340 bits per heavy atom. The highest BCUT2D eigenvalue weighted by Gasteiger charge is 2.19. The van der Waals surface area contributed by atoms with E-state index in [0.29, 0.717) is 0 Å². The van der Waals surface area contributed by atoms with Crippen molar-refractivity contribution in [3.63, 3.8) is 0 Å². The number of nitrogens with zero attached hydrogens (tertiary/aromatic N) is 1. The lowest BCUT2D eigenvalue weighted by Crippen LogP contribution is -2.11. The monoisotopic (exact) mass is 653 g/mol. The summed E-state index contributed by atoms with van der Waals surface area (Å²) in [6.07, 6.45) is 0. The normalized spacial score (nSPS) is 11.6. The van der Waals surface area contributed by atoms with Crippen LogP contribution in [0.3, 0.4) is 0 Å². The molecule has 9 aromatic carbocycles. The molecule has 0 bridgehead atoms. The first-order valence-electron chi connectivity index (χ1n) is 17.1. The van der Waals surface area contributed by atoms with Gasteiger partial charge in [0, 0.05) is 37.1 Å². The highest BCUT2D eigenvalue weighted by Crippen LogP contribution is 2.44. The third kappa shape index (κ3) is 4.76. The van der Waals surface area contributed by atoms with Crippen molar-refractivity contribution in [3.05, 3.63) is 188 Å². The van der Waals surface area contributed by atoms with Gasteiger partial charge in [0.05, 0.1) is 5.69 Å². The van der Waals surface area contributed by atoms with Gasteiger partial charge in [0.1, 0.15) is 0 Å². The van der Waals surface area contributed by atoms with Gasteiger partial charge < -0.3 is 4.90 Å². The van der Waals surface area contributed by atoms with Crippen molar-refractivity contribution in [2.24, 2.45) is 0 Å². The van der Waals surface area contributed by atoms with Crippen LogP contribution >= 0.6 is 11.3 Å². The first-order valence-corrected chi connectivity index (χ1v) is 17.9. The Morgan fingerprint density at radius 3 is 1.82 bits per heavy atom. The van der Waals surface area contributed by atoms with Gasteiger partial charge in [-0.25, -0.2) is 0 Å². The average molecular weight is 654 g/mol. The third-order valence-electron chi connectivity index (χ3n) is 10.0. The van der Waals surface area contributed by atoms with Crippen molar-refractivity contribution in [2.75, 3.05) is 4.90 Å². The molecule has 50 heavy (non-hydrogen) atoms. The van der Waals surface area contributed by atoms with Crippen LogP contribution in [0.5, 0.6) is 0 Å². The molecule has 0 atom stereocenters. The van der Waals surface area contributed by atoms with E-state index in [4.69, 9.17) is 0 Å². The Bertz CT molecular complexity index is 2860. The fraction of sp³-hybridized carbons (Fsp3) is 0. The van der Waals surface area contributed by atoms with Crippen molar-refractivity contribution in [1.29, 1.82) is 0 Å². The van der Waals surface area contributed by atoms with E-state index in [-0.39, 0.29) is 0 Å². The Balaban J connectivity index is 1.13. The summed E-state index contributed by atoms with van der Waals surface area (Å²) in [6, 6.07) is 68.7. The lowest BCUT2D eigenvalue weighted by atomic mass is 9.94. The number of thiophene rings is 1. The van der Waals surface area contributed by atoms with Crippen LogP contribution in [-0.2, 0) is 0 Å². The minimum absolute atomic E-state index is 1.12. The van der Waals surface area contributed by atoms with E-state index in [2.05, 4.69) is 193 Å². The Hall–Kier alpha value is -6.22. The van der Waals surface area contributed by atoms with E-state index in [9.17, 15) is 0 Å². The summed E-state index contributed by atoms with van der Waals surface area (Å²) >= 11 is 1.86. The Kier molecular flexibility index (Phi) is 6.75. The summed E-state index contributed by atoms with van der Waals surface area (Å²) in [5.41, 5.74) is 8.22. The van der Waals surface area contributed by atoms with Crippen LogP contribution in [0.2, 0.25) is 0 Å². The molecule has 0 aliphatic carbocycles. The Labute approximate surface area is 294 Å². The van der Waals surface area contributed by atoms with E-state index in [1.165, 1.54) is 74.7 Å². The molecule has 2 heteroatoms. The summed E-state index contributed by atoms with van der Waals surface area (Å²) < 4.78 is 2.61. The maximum atomic E-state index is 2.41. The van der Waals surface area contributed by atoms with Crippen molar-refractivity contribution in [3.8, 4) is 22.3 Å². The fourth-order valence-electron chi connectivity index (χ4n) is 7.62. The molecule has 234 valence electrons. The minimum atomic E-state index is 1.12. The first kappa shape index (κ1) is 28.8. The number of rotatable bonds is 5. The van der Waals surface area contributed by atoms with Crippen LogP contribution in [0.1, 0.15) is 0 Å². The van der Waals surface area contributed by atoms with E-state index in [0.717, 1.165) is 17.1 Å². The molecule has 1 nitrogen and oxygen atoms in total. The predicted octanol–water partition coefficient (Wildman–Crippen LogP) is 14.3. The molecular formula is C48H31NS. The second-order valence-electron chi connectivity index (χ2n) is 12.9. The van der Waals surface area contributed by atoms with Crippen LogP contribution in [0.15, 0.2) is 188 Å². The lowest BCUT2D eigenvalue weighted by Gasteiger charge is -2.28. The fourth-order valence-corrected chi connectivity index (χ4v) is 8.76. The van der Waals surface area contributed by atoms with Gasteiger partial charge in [0.15, 0.2) is 0 Å². The van der Waals surface area contributed by atoms with E-state index < -0.39 is 0 Å². The summed E-state index contributed by atoms with van der Waals surface area (Å²) in [7, 11) is 0. The molecule has 0 spiro atoms. The highest BCUT2D eigenvalue weighted by molar-refractivity contribution is 7.25. The van der Waals surface area contributed by atoms with E-state index in [1.54, 1.807) is 0 Å². The number of para-hydroxylation sites is 1. The van der Waals surface area contributed by atoms with Gasteiger partial charge in [-0.1, -0.05) is 146 Å². The molecule has 0 aliphatic heterocycles. The van der Waals surface area contributed by atoms with Crippen LogP contribution < -0.4 is 4.90 Å². The average Bonchev–Trinajstić information content (AvgIpc) is 3.56. The highest BCUT2D eigenvalue weighted by atomic mass is 32.1. The molecule has 0 fully saturated rings. The predicted molar refractivity (Wildman–Crippen MR) is 217 cm³/mol. The molecule has 0 saturated carbocycles. The first-order chi connectivity index (χ1) is 24.8. The molecule has 0 N–H and O–H groups in total. The third-order valence-corrected chi connectivity index (χ3v) is 11.2. The standard InChI is InChI=1S/C48H31NS/c1-2-10-33(11-3-1)40-13-6-8-16-45(40)49(39-28-29-43-42-15-7-9-17-46(42)50-47(43)31-39)38-26-24-32(25-27-38)37-23-20-35-19-22-36-21-18-34-12-4-5-14-41(34)48(36)44(35)30-37/h1-31H. The molecule has 1 heterocycles. The van der Waals surface area contributed by atoms with Gasteiger partial charge in [0.2, 0.25) is 0 Å². The molecular weight excluding hydrogens is 623 g/mol. The number of hydrogen-bond donors (Lipinski definition) is 0. The zero-order chi connectivity index (χ0) is 33.0. The van der Waals surface area contributed by atoms with Crippen LogP contribution in [0, 0.1) is 0 Å². The van der Waals surface area contributed by atoms with Crippen LogP contribution in [0.4, 0.5) is 17.1 Å². The zero-order valence-electron chi connectivity index (χ0n) is 27.3. The molecule has 0 radical (unpaired) electrons. The van der Waals surface area contributed by atoms with Crippen LogP contribution in [-0.4, -0.2) is 0 Å². The molecule has 1 aromatic heterocycles. The maximum Gasteiger partial charge on any atom is 0.0540 e. The second-order valence-corrected chi connectivity index (χ2v) is 14.0. The van der Waals surface area contributed by atoms with Gasteiger partial charge in [-0.15, -0.1) is 11.3 Å². The van der Waals surface area contributed by atoms with Crippen LogP contribution in [0.25, 0.3) is 74.7 Å². The van der Waals surface area contributed by atoms with E-state index in [1.807, 2.05) is 11.3 Å². The maximum absolute atomic E-state index is 2.41. The van der Waals surface area contributed by atoms with Crippen molar-refractivity contribution < 1.29 is 0 Å². The van der Waals surface area contributed by atoms with Gasteiger partial charge >= 0.3 is 0 Å². The quantitative estimate of drug-likeness (QED) is 0.167. The Morgan fingerprint density at radius 2 is 0.960 bits per heavy atom. The number of hydrogen-bond acceptors (Lipinski definition) is 2. The van der Waals surface area contributed by atoms with Gasteiger partial charge in [-0.2, -0.15) is 0 Å². The molecule has 10 aromatic rings. The summed E-state index contributed by atoms with van der Waals surface area (Å²) in [5.74, 6) is 0. The lowest BCUT2D eigenvalue weighted by molar-refractivity contribution is 1.29. The topological polar surface area (TPSA) is 3.24 Å². The van der Waals surface area contributed by atoms with Gasteiger partial charge in [-0.05, 0) is 91.5 Å². The van der Waals surface area contributed by atoms with Gasteiger partial charge in [0.25, 0.3) is 0 Å². The van der Waals surface area contributed by atoms with Crippen molar-refractivity contribution >= 4 is 80.9 Å². The van der Waals surface area contributed by atoms with Crippen molar-refractivity contribution in [2.45, 2.75) is 0 Å². The second kappa shape index (κ2) is 11.7. The zero-order valence-corrected chi connectivity index (χ0v) is 28.1. The molecule has 0 saturated heterocycles. The summed E-state index contributed by atoms with van der Waals surface area (Å²) in [4.78, 5) is 2.41. The molecule has 0 amide bonds. The van der Waals surface area contributed by atoms with Crippen molar-refractivity contribution in [1.82, 2.24) is 0 Å². The number of benzene rings is 9. The smallest absolute Gasteiger partial charge is 0.0540 e. The number of anilines is 3. The largest absolute Gasteiger partial charge is 0.310 e. The molecule has 0 aliphatic rings. The van der Waals surface area contributed by atoms with Gasteiger partial charge in [-0.3, -0.25) is 0 Å². The SMILES string of the molecule is c1ccc(-c2ccccc2N(c2ccc(-c3ccc4ccc5ccc6ccccc6c5c4c3)cc2)c2ccc3c(c2)sc2ccccc23)cc1. The molecule has 10 rings (SSSR count). The summed E-state index contributed by atoms with van der Waals surface area (Å²) in [6.45, 7) is 0. The summed E-state index contributed by atoms with van der Waals surface area (Å²) in [5, 5.41) is 10.3. The minimum Gasteiger partial charge on any atom is -0.310 e. The molecule has 0 unspecified atom stereocenters. The van der Waals surface area contributed by atoms with E-state index >= 15 is 0 Å².